The maximum Gasteiger partial charge on any atom is 0.119 e. The van der Waals surface area contributed by atoms with E-state index in [0.717, 1.165) is 30.4 Å². The fourth-order valence-electron chi connectivity index (χ4n) is 3.27. The highest BCUT2D eigenvalue weighted by molar-refractivity contribution is 5.31. The number of benzene rings is 1. The van der Waals surface area contributed by atoms with Crippen molar-refractivity contribution in [3.8, 4) is 5.75 Å². The van der Waals surface area contributed by atoms with Crippen LogP contribution < -0.4 is 10.1 Å². The molecular weight excluding hydrogens is 288 g/mol. The fraction of sp³-hybridized carbons (Fsp3) is 0.474. The first-order valence-corrected chi connectivity index (χ1v) is 8.40. The molecule has 0 aliphatic carbocycles. The van der Waals surface area contributed by atoms with Gasteiger partial charge in [0.2, 0.25) is 0 Å². The average Bonchev–Trinajstić information content (AvgIpc) is 3.23. The zero-order valence-corrected chi connectivity index (χ0v) is 14.0. The first-order valence-electron chi connectivity index (χ1n) is 8.40. The summed E-state index contributed by atoms with van der Waals surface area (Å²) in [7, 11) is 1.72. The number of likely N-dealkylation sites (tertiary alicyclic amines) is 1. The van der Waals surface area contributed by atoms with E-state index in [2.05, 4.69) is 28.4 Å². The van der Waals surface area contributed by atoms with Crippen molar-refractivity contribution < 1.29 is 9.15 Å². The lowest BCUT2D eigenvalue weighted by Gasteiger charge is -2.28. The molecule has 1 aliphatic rings. The van der Waals surface area contributed by atoms with Gasteiger partial charge in [0.1, 0.15) is 17.3 Å². The van der Waals surface area contributed by atoms with Crippen LogP contribution in [0.5, 0.6) is 5.75 Å². The number of aryl methyl sites for hydroxylation is 1. The van der Waals surface area contributed by atoms with E-state index in [9.17, 15) is 0 Å². The monoisotopic (exact) mass is 314 g/mol. The molecule has 124 valence electrons. The van der Waals surface area contributed by atoms with Crippen LogP contribution in [0.15, 0.2) is 40.8 Å². The van der Waals surface area contributed by atoms with E-state index in [4.69, 9.17) is 9.15 Å². The summed E-state index contributed by atoms with van der Waals surface area (Å²) in [4.78, 5) is 2.56. The molecule has 2 aromatic rings. The van der Waals surface area contributed by atoms with Gasteiger partial charge in [0.25, 0.3) is 0 Å². The first kappa shape index (κ1) is 16.1. The summed E-state index contributed by atoms with van der Waals surface area (Å²) in [5, 5.41) is 3.55. The van der Waals surface area contributed by atoms with Crippen molar-refractivity contribution in [3.63, 3.8) is 0 Å². The highest BCUT2D eigenvalue weighted by atomic mass is 16.5. The molecule has 1 N–H and O–H groups in total. The van der Waals surface area contributed by atoms with Crippen molar-refractivity contribution >= 4 is 0 Å². The third-order valence-electron chi connectivity index (χ3n) is 4.49. The molecule has 1 unspecified atom stereocenters. The van der Waals surface area contributed by atoms with Crippen LogP contribution in [0.2, 0.25) is 0 Å². The van der Waals surface area contributed by atoms with Gasteiger partial charge in [0.05, 0.1) is 13.7 Å². The van der Waals surface area contributed by atoms with Gasteiger partial charge >= 0.3 is 0 Å². The lowest BCUT2D eigenvalue weighted by atomic mass is 10.0. The van der Waals surface area contributed by atoms with Crippen LogP contribution in [0.25, 0.3) is 0 Å². The Kier molecular flexibility index (Phi) is 5.36. The van der Waals surface area contributed by atoms with Gasteiger partial charge in [-0.2, -0.15) is 0 Å². The molecule has 1 aromatic heterocycles. The summed E-state index contributed by atoms with van der Waals surface area (Å²) in [5.74, 6) is 2.88. The Morgan fingerprint density at radius 2 is 2.04 bits per heavy atom. The van der Waals surface area contributed by atoms with E-state index in [1.165, 1.54) is 31.5 Å². The average molecular weight is 314 g/mol. The molecule has 0 spiro atoms. The van der Waals surface area contributed by atoms with Crippen LogP contribution in [0.4, 0.5) is 0 Å². The molecule has 3 rings (SSSR count). The number of nitrogens with zero attached hydrogens (tertiary/aromatic N) is 1. The minimum absolute atomic E-state index is 0.378. The van der Waals surface area contributed by atoms with Gasteiger partial charge in [-0.05, 0) is 62.7 Å². The second-order valence-corrected chi connectivity index (χ2v) is 6.18. The van der Waals surface area contributed by atoms with Gasteiger partial charge in [0, 0.05) is 12.6 Å². The fourth-order valence-corrected chi connectivity index (χ4v) is 3.27. The Balaban J connectivity index is 1.67. The molecule has 23 heavy (non-hydrogen) atoms. The summed E-state index contributed by atoms with van der Waals surface area (Å²) in [6.45, 7) is 5.99. The molecule has 1 atom stereocenters. The highest BCUT2D eigenvalue weighted by Gasteiger charge is 2.23. The lowest BCUT2D eigenvalue weighted by Crippen LogP contribution is -2.34. The largest absolute Gasteiger partial charge is 0.497 e. The summed E-state index contributed by atoms with van der Waals surface area (Å²) >= 11 is 0. The van der Waals surface area contributed by atoms with Gasteiger partial charge in [-0.1, -0.05) is 12.1 Å². The quantitative estimate of drug-likeness (QED) is 0.848. The van der Waals surface area contributed by atoms with Crippen molar-refractivity contribution in [2.24, 2.45) is 0 Å². The van der Waals surface area contributed by atoms with Crippen molar-refractivity contribution in [3.05, 3.63) is 53.5 Å². The van der Waals surface area contributed by atoms with E-state index >= 15 is 0 Å². The van der Waals surface area contributed by atoms with Crippen LogP contribution >= 0.6 is 0 Å². The summed E-state index contributed by atoms with van der Waals surface area (Å²) < 4.78 is 11.0. The number of rotatable bonds is 7. The molecule has 1 saturated heterocycles. The number of hydrogen-bond donors (Lipinski definition) is 1. The van der Waals surface area contributed by atoms with Crippen LogP contribution in [-0.4, -0.2) is 31.6 Å². The van der Waals surface area contributed by atoms with E-state index in [0.29, 0.717) is 6.04 Å². The normalized spacial score (nSPS) is 16.6. The Morgan fingerprint density at radius 3 is 2.74 bits per heavy atom. The molecule has 4 heteroatoms. The predicted molar refractivity (Wildman–Crippen MR) is 91.7 cm³/mol. The van der Waals surface area contributed by atoms with Crippen LogP contribution in [0.3, 0.4) is 0 Å². The zero-order valence-electron chi connectivity index (χ0n) is 14.0. The number of hydrogen-bond acceptors (Lipinski definition) is 4. The third kappa shape index (κ3) is 4.15. The topological polar surface area (TPSA) is 37.6 Å². The summed E-state index contributed by atoms with van der Waals surface area (Å²) in [5.41, 5.74) is 1.31. The van der Waals surface area contributed by atoms with Crippen molar-refractivity contribution in [1.82, 2.24) is 10.2 Å². The van der Waals surface area contributed by atoms with Gasteiger partial charge in [-0.3, -0.25) is 4.90 Å². The zero-order chi connectivity index (χ0) is 16.1. The van der Waals surface area contributed by atoms with Crippen LogP contribution in [0, 0.1) is 6.92 Å². The van der Waals surface area contributed by atoms with E-state index in [-0.39, 0.29) is 0 Å². The first-order chi connectivity index (χ1) is 11.3. The van der Waals surface area contributed by atoms with Gasteiger partial charge in [0.15, 0.2) is 0 Å². The van der Waals surface area contributed by atoms with Crippen molar-refractivity contribution in [2.45, 2.75) is 32.4 Å². The molecule has 0 saturated carbocycles. The smallest absolute Gasteiger partial charge is 0.119 e. The Labute approximate surface area is 138 Å². The Morgan fingerprint density at radius 1 is 1.22 bits per heavy atom. The van der Waals surface area contributed by atoms with Gasteiger partial charge in [-0.15, -0.1) is 0 Å². The second kappa shape index (κ2) is 7.66. The molecule has 1 fully saturated rings. The maximum absolute atomic E-state index is 5.64. The number of methoxy groups -OCH3 is 1. The van der Waals surface area contributed by atoms with Gasteiger partial charge in [-0.25, -0.2) is 0 Å². The molecular formula is C19H26N2O2. The standard InChI is InChI=1S/C19H26N2O2/c1-15-8-9-18(23-15)13-20-14-19(21-10-3-4-11-21)16-6-5-7-17(12-16)22-2/h5-9,12,19-20H,3-4,10-11,13-14H2,1-2H3. The van der Waals surface area contributed by atoms with Crippen LogP contribution in [-0.2, 0) is 6.54 Å². The summed E-state index contributed by atoms with van der Waals surface area (Å²) in [6, 6.07) is 12.9. The molecule has 0 bridgehead atoms. The lowest BCUT2D eigenvalue weighted by molar-refractivity contribution is 0.236. The Hall–Kier alpha value is -1.78. The highest BCUT2D eigenvalue weighted by Crippen LogP contribution is 2.27. The maximum atomic E-state index is 5.64. The third-order valence-corrected chi connectivity index (χ3v) is 4.49. The Bertz CT molecular complexity index is 617. The van der Waals surface area contributed by atoms with Crippen molar-refractivity contribution in [2.75, 3.05) is 26.7 Å². The minimum Gasteiger partial charge on any atom is -0.497 e. The number of nitrogens with one attached hydrogen (secondary N) is 1. The van der Waals surface area contributed by atoms with E-state index < -0.39 is 0 Å². The molecule has 4 nitrogen and oxygen atoms in total. The van der Waals surface area contributed by atoms with Crippen LogP contribution in [0.1, 0.15) is 36.0 Å². The second-order valence-electron chi connectivity index (χ2n) is 6.18. The SMILES string of the molecule is COc1cccc(C(CNCc2ccc(C)o2)N2CCCC2)c1. The van der Waals surface area contributed by atoms with Crippen molar-refractivity contribution in [1.29, 1.82) is 0 Å². The van der Waals surface area contributed by atoms with E-state index in [1.807, 2.05) is 25.1 Å². The number of ether oxygens (including phenoxy) is 1. The summed E-state index contributed by atoms with van der Waals surface area (Å²) in [6.07, 6.45) is 2.58. The molecule has 2 heterocycles. The molecule has 0 radical (unpaired) electrons. The minimum atomic E-state index is 0.378. The molecule has 1 aliphatic heterocycles. The van der Waals surface area contributed by atoms with E-state index in [1.54, 1.807) is 7.11 Å². The molecule has 1 aromatic carbocycles. The van der Waals surface area contributed by atoms with Gasteiger partial charge < -0.3 is 14.5 Å². The molecule has 0 amide bonds. The predicted octanol–water partition coefficient (Wildman–Crippen LogP) is 3.52. The number of furan rings is 1.